The van der Waals surface area contributed by atoms with Crippen molar-refractivity contribution in [3.8, 4) is 5.75 Å². The van der Waals surface area contributed by atoms with Crippen LogP contribution < -0.4 is 15.4 Å². The van der Waals surface area contributed by atoms with Crippen LogP contribution in [0.3, 0.4) is 0 Å². The van der Waals surface area contributed by atoms with Gasteiger partial charge in [-0.3, -0.25) is 9.59 Å². The topological polar surface area (TPSA) is 67.4 Å². The molecule has 0 atom stereocenters. The summed E-state index contributed by atoms with van der Waals surface area (Å²) < 4.78 is 5.40. The van der Waals surface area contributed by atoms with E-state index in [0.29, 0.717) is 34.1 Å². The molecule has 0 spiro atoms. The number of carbonyl (C=O) groups is 2. The number of carbonyl (C=O) groups excluding carboxylic acids is 2. The van der Waals surface area contributed by atoms with E-state index in [-0.39, 0.29) is 11.8 Å². The first kappa shape index (κ1) is 21.4. The lowest BCUT2D eigenvalue weighted by molar-refractivity contribution is 0.101. The van der Waals surface area contributed by atoms with Gasteiger partial charge in [0.1, 0.15) is 5.75 Å². The van der Waals surface area contributed by atoms with Gasteiger partial charge in [-0.25, -0.2) is 0 Å². The Morgan fingerprint density at radius 1 is 0.833 bits per heavy atom. The van der Waals surface area contributed by atoms with Gasteiger partial charge < -0.3 is 15.4 Å². The average molecular weight is 423 g/mol. The lowest BCUT2D eigenvalue weighted by Gasteiger charge is -2.11. The maximum absolute atomic E-state index is 12.6. The van der Waals surface area contributed by atoms with Crippen LogP contribution in [0.25, 0.3) is 0 Å². The van der Waals surface area contributed by atoms with Gasteiger partial charge in [0.15, 0.2) is 0 Å². The number of rotatable bonds is 6. The van der Waals surface area contributed by atoms with Gasteiger partial charge in [-0.05, 0) is 86.5 Å². The fraction of sp³-hybridized carbons (Fsp3) is 0.167. The number of anilines is 2. The van der Waals surface area contributed by atoms with E-state index in [2.05, 4.69) is 10.6 Å². The minimum atomic E-state index is -0.308. The minimum absolute atomic E-state index is 0.288. The van der Waals surface area contributed by atoms with Gasteiger partial charge in [0.2, 0.25) is 0 Å². The van der Waals surface area contributed by atoms with Crippen molar-refractivity contribution in [2.75, 3.05) is 17.2 Å². The third-order valence-corrected chi connectivity index (χ3v) is 5.00. The largest absolute Gasteiger partial charge is 0.494 e. The van der Waals surface area contributed by atoms with Crippen LogP contribution in [0.5, 0.6) is 5.75 Å². The molecule has 2 amide bonds. The van der Waals surface area contributed by atoms with Gasteiger partial charge in [0.25, 0.3) is 11.8 Å². The molecule has 0 radical (unpaired) electrons. The van der Waals surface area contributed by atoms with Crippen molar-refractivity contribution in [1.29, 1.82) is 0 Å². The molecule has 0 saturated heterocycles. The highest BCUT2D eigenvalue weighted by atomic mass is 35.5. The number of aryl methyl sites for hydroxylation is 2. The first-order valence-electron chi connectivity index (χ1n) is 9.59. The van der Waals surface area contributed by atoms with Gasteiger partial charge in [-0.15, -0.1) is 0 Å². The summed E-state index contributed by atoms with van der Waals surface area (Å²) in [5.41, 5.74) is 4.05. The van der Waals surface area contributed by atoms with Crippen LogP contribution in [0.4, 0.5) is 11.4 Å². The van der Waals surface area contributed by atoms with Crippen molar-refractivity contribution in [2.24, 2.45) is 0 Å². The second-order valence-electron chi connectivity index (χ2n) is 6.86. The molecule has 30 heavy (non-hydrogen) atoms. The van der Waals surface area contributed by atoms with E-state index in [0.717, 1.165) is 16.9 Å². The number of hydrogen-bond donors (Lipinski definition) is 2. The van der Waals surface area contributed by atoms with E-state index < -0.39 is 0 Å². The maximum atomic E-state index is 12.6. The number of ether oxygens (including phenoxy) is 1. The van der Waals surface area contributed by atoms with E-state index in [4.69, 9.17) is 16.3 Å². The van der Waals surface area contributed by atoms with Crippen molar-refractivity contribution in [3.63, 3.8) is 0 Å². The number of hydrogen-bond acceptors (Lipinski definition) is 3. The highest BCUT2D eigenvalue weighted by molar-refractivity contribution is 6.34. The lowest BCUT2D eigenvalue weighted by atomic mass is 10.1. The Balaban J connectivity index is 1.74. The van der Waals surface area contributed by atoms with Gasteiger partial charge in [0.05, 0.1) is 17.3 Å². The van der Waals surface area contributed by atoms with Gasteiger partial charge >= 0.3 is 0 Å². The SMILES string of the molecule is CCOc1ccc(NC(=O)c2ccc(Cl)c(NC(=O)c3ccc(C)c(C)c3)c2)cc1. The normalized spacial score (nSPS) is 10.4. The summed E-state index contributed by atoms with van der Waals surface area (Å²) >= 11 is 6.24. The summed E-state index contributed by atoms with van der Waals surface area (Å²) in [4.78, 5) is 25.2. The number of nitrogens with one attached hydrogen (secondary N) is 2. The Morgan fingerprint density at radius 3 is 2.13 bits per heavy atom. The van der Waals surface area contributed by atoms with Crippen LogP contribution in [-0.4, -0.2) is 18.4 Å². The maximum Gasteiger partial charge on any atom is 0.255 e. The Labute approximate surface area is 181 Å². The summed E-state index contributed by atoms with van der Waals surface area (Å²) in [7, 11) is 0. The second kappa shape index (κ2) is 9.46. The number of amides is 2. The zero-order valence-electron chi connectivity index (χ0n) is 17.1. The molecule has 0 bridgehead atoms. The zero-order valence-corrected chi connectivity index (χ0v) is 17.8. The van der Waals surface area contributed by atoms with Crippen LogP contribution in [0.15, 0.2) is 60.7 Å². The zero-order chi connectivity index (χ0) is 21.7. The molecule has 0 heterocycles. The monoisotopic (exact) mass is 422 g/mol. The van der Waals surface area contributed by atoms with Crippen LogP contribution in [0, 0.1) is 13.8 Å². The van der Waals surface area contributed by atoms with Crippen LogP contribution in [0.2, 0.25) is 5.02 Å². The summed E-state index contributed by atoms with van der Waals surface area (Å²) in [5, 5.41) is 5.96. The molecule has 3 rings (SSSR count). The third-order valence-electron chi connectivity index (χ3n) is 4.67. The highest BCUT2D eigenvalue weighted by Gasteiger charge is 2.13. The summed E-state index contributed by atoms with van der Waals surface area (Å²) in [6, 6.07) is 17.3. The number of benzene rings is 3. The first-order chi connectivity index (χ1) is 14.4. The lowest BCUT2D eigenvalue weighted by Crippen LogP contribution is -2.15. The summed E-state index contributed by atoms with van der Waals surface area (Å²) in [5.74, 6) is 0.139. The molecule has 0 unspecified atom stereocenters. The van der Waals surface area contributed by atoms with Crippen molar-refractivity contribution in [1.82, 2.24) is 0 Å². The Kier molecular flexibility index (Phi) is 6.75. The van der Waals surface area contributed by atoms with E-state index >= 15 is 0 Å². The van der Waals surface area contributed by atoms with Crippen LogP contribution >= 0.6 is 11.6 Å². The van der Waals surface area contributed by atoms with Crippen LogP contribution in [0.1, 0.15) is 38.8 Å². The van der Waals surface area contributed by atoms with Crippen molar-refractivity contribution in [3.05, 3.63) is 87.9 Å². The number of halogens is 1. The fourth-order valence-corrected chi connectivity index (χ4v) is 3.01. The molecule has 0 aromatic heterocycles. The molecule has 154 valence electrons. The molecule has 6 heteroatoms. The molecule has 2 N–H and O–H groups in total. The molecule has 0 aliphatic heterocycles. The predicted octanol–water partition coefficient (Wildman–Crippen LogP) is 5.86. The van der Waals surface area contributed by atoms with E-state index in [1.54, 1.807) is 48.5 Å². The van der Waals surface area contributed by atoms with Crippen molar-refractivity contribution < 1.29 is 14.3 Å². The average Bonchev–Trinajstić information content (AvgIpc) is 2.73. The molecule has 3 aromatic rings. The quantitative estimate of drug-likeness (QED) is 0.522. The molecule has 0 saturated carbocycles. The molecule has 5 nitrogen and oxygen atoms in total. The molecular weight excluding hydrogens is 400 g/mol. The van der Waals surface area contributed by atoms with E-state index in [1.807, 2.05) is 32.9 Å². The molecule has 0 aliphatic rings. The molecule has 0 fully saturated rings. The predicted molar refractivity (Wildman–Crippen MR) is 121 cm³/mol. The minimum Gasteiger partial charge on any atom is -0.494 e. The Morgan fingerprint density at radius 2 is 1.47 bits per heavy atom. The standard InChI is InChI=1S/C24H23ClN2O3/c1-4-30-20-10-8-19(9-11-20)26-23(28)18-7-12-21(25)22(14-18)27-24(29)17-6-5-15(2)16(3)13-17/h5-14H,4H2,1-3H3,(H,26,28)(H,27,29). The van der Waals surface area contributed by atoms with Crippen molar-refractivity contribution >= 4 is 34.8 Å². The Bertz CT molecular complexity index is 1080. The summed E-state index contributed by atoms with van der Waals surface area (Å²) in [6.07, 6.45) is 0. The van der Waals surface area contributed by atoms with E-state index in [9.17, 15) is 9.59 Å². The molecule has 3 aromatic carbocycles. The molecule has 0 aliphatic carbocycles. The van der Waals surface area contributed by atoms with E-state index in [1.165, 1.54) is 0 Å². The van der Waals surface area contributed by atoms with Gasteiger partial charge in [0, 0.05) is 16.8 Å². The van der Waals surface area contributed by atoms with Gasteiger partial charge in [-0.1, -0.05) is 17.7 Å². The fourth-order valence-electron chi connectivity index (χ4n) is 2.84. The molecular formula is C24H23ClN2O3. The van der Waals surface area contributed by atoms with Crippen molar-refractivity contribution in [2.45, 2.75) is 20.8 Å². The van der Waals surface area contributed by atoms with Gasteiger partial charge in [-0.2, -0.15) is 0 Å². The highest BCUT2D eigenvalue weighted by Crippen LogP contribution is 2.25. The van der Waals surface area contributed by atoms with Crippen LogP contribution in [-0.2, 0) is 0 Å². The first-order valence-corrected chi connectivity index (χ1v) is 9.97. The summed E-state index contributed by atoms with van der Waals surface area (Å²) in [6.45, 7) is 6.42. The Hall–Kier alpha value is -3.31. The smallest absolute Gasteiger partial charge is 0.255 e. The second-order valence-corrected chi connectivity index (χ2v) is 7.27. The third kappa shape index (κ3) is 5.19.